The van der Waals surface area contributed by atoms with Crippen LogP contribution >= 0.6 is 23.1 Å². The molecule has 1 N–H and O–H groups in total. The maximum absolute atomic E-state index is 12.6. The smallest absolute Gasteiger partial charge is 0.277 e. The van der Waals surface area contributed by atoms with Gasteiger partial charge in [0.2, 0.25) is 5.91 Å². The minimum atomic E-state index is -0.338. The Bertz CT molecular complexity index is 995. The largest absolute Gasteiger partial charge is 0.337 e. The fraction of sp³-hybridized carbons (Fsp3) is 0.250. The van der Waals surface area contributed by atoms with Crippen LogP contribution in [-0.2, 0) is 17.8 Å². The number of thioether (sulfide) groups is 1. The Morgan fingerprint density at radius 1 is 1.21 bits per heavy atom. The number of carbonyl (C=O) groups excluding carboxylic acids is 2. The first kappa shape index (κ1) is 19.5. The van der Waals surface area contributed by atoms with Crippen LogP contribution < -0.4 is 5.32 Å². The molecule has 2 amide bonds. The maximum atomic E-state index is 12.6. The molecule has 1 aliphatic heterocycles. The molecule has 4 rings (SSSR count). The molecule has 1 aromatic carbocycles. The molecule has 0 bridgehead atoms. The van der Waals surface area contributed by atoms with Crippen molar-refractivity contribution < 1.29 is 9.59 Å². The van der Waals surface area contributed by atoms with Crippen LogP contribution in [0.4, 0.5) is 5.13 Å². The summed E-state index contributed by atoms with van der Waals surface area (Å²) in [6.45, 7) is 1.20. The van der Waals surface area contributed by atoms with Crippen LogP contribution in [0.1, 0.15) is 27.5 Å². The summed E-state index contributed by atoms with van der Waals surface area (Å²) in [5.74, 6) is 0.571. The monoisotopic (exact) mass is 425 g/mol. The molecule has 148 valence electrons. The molecule has 0 unspecified atom stereocenters. The molecule has 3 aromatic rings. The number of fused-ring (bicyclic) bond motifs is 1. The predicted molar refractivity (Wildman–Crippen MR) is 113 cm³/mol. The van der Waals surface area contributed by atoms with E-state index < -0.39 is 0 Å². The topological polar surface area (TPSA) is 88.1 Å². The highest BCUT2D eigenvalue weighted by Gasteiger charge is 2.24. The minimum Gasteiger partial charge on any atom is -0.337 e. The fourth-order valence-corrected chi connectivity index (χ4v) is 4.85. The summed E-state index contributed by atoms with van der Waals surface area (Å²) in [5.41, 5.74) is 1.19. The lowest BCUT2D eigenvalue weighted by Gasteiger charge is -2.26. The molecule has 0 aliphatic carbocycles. The van der Waals surface area contributed by atoms with Gasteiger partial charge in [0.25, 0.3) is 5.91 Å². The summed E-state index contributed by atoms with van der Waals surface area (Å²) in [4.78, 5) is 41.3. The number of aromatic nitrogens is 3. The van der Waals surface area contributed by atoms with E-state index >= 15 is 0 Å². The maximum Gasteiger partial charge on any atom is 0.277 e. The lowest BCUT2D eigenvalue weighted by atomic mass is 10.1. The van der Waals surface area contributed by atoms with Crippen molar-refractivity contribution in [3.63, 3.8) is 0 Å². The van der Waals surface area contributed by atoms with Crippen molar-refractivity contribution in [3.05, 3.63) is 65.2 Å². The Hall–Kier alpha value is -2.78. The van der Waals surface area contributed by atoms with E-state index in [-0.39, 0.29) is 17.5 Å². The van der Waals surface area contributed by atoms with Gasteiger partial charge in [0, 0.05) is 47.3 Å². The third kappa shape index (κ3) is 4.99. The Labute approximate surface area is 176 Å². The number of thiazole rings is 1. The van der Waals surface area contributed by atoms with E-state index in [1.54, 1.807) is 11.8 Å². The minimum absolute atomic E-state index is 0.151. The Balaban J connectivity index is 1.31. The highest BCUT2D eigenvalue weighted by molar-refractivity contribution is 7.99. The van der Waals surface area contributed by atoms with Crippen LogP contribution in [0, 0.1) is 0 Å². The molecule has 0 atom stereocenters. The molecule has 9 heteroatoms. The average molecular weight is 426 g/mol. The molecule has 3 heterocycles. The summed E-state index contributed by atoms with van der Waals surface area (Å²) in [7, 11) is 0. The van der Waals surface area contributed by atoms with Crippen LogP contribution in [0.2, 0.25) is 0 Å². The number of nitrogens with zero attached hydrogens (tertiary/aromatic N) is 4. The zero-order valence-corrected chi connectivity index (χ0v) is 17.2. The fourth-order valence-electron chi connectivity index (χ4n) is 2.97. The molecule has 0 radical (unpaired) electrons. The Morgan fingerprint density at radius 3 is 2.86 bits per heavy atom. The third-order valence-corrected chi connectivity index (χ3v) is 6.44. The molecule has 2 aromatic heterocycles. The first-order chi connectivity index (χ1) is 14.2. The lowest BCUT2D eigenvalue weighted by molar-refractivity contribution is -0.131. The predicted octanol–water partition coefficient (Wildman–Crippen LogP) is 3.25. The van der Waals surface area contributed by atoms with Crippen molar-refractivity contribution >= 4 is 40.0 Å². The number of anilines is 1. The van der Waals surface area contributed by atoms with Crippen LogP contribution in [0.25, 0.3) is 0 Å². The van der Waals surface area contributed by atoms with Crippen molar-refractivity contribution in [3.8, 4) is 0 Å². The molecule has 7 nitrogen and oxygen atoms in total. The molecule has 0 spiro atoms. The number of rotatable bonds is 6. The van der Waals surface area contributed by atoms with Crippen molar-refractivity contribution in [1.82, 2.24) is 19.9 Å². The zero-order valence-electron chi connectivity index (χ0n) is 15.6. The molecule has 1 aliphatic rings. The molecule has 29 heavy (non-hydrogen) atoms. The highest BCUT2D eigenvalue weighted by Crippen LogP contribution is 2.29. The van der Waals surface area contributed by atoms with E-state index in [0.29, 0.717) is 31.1 Å². The van der Waals surface area contributed by atoms with Gasteiger partial charge in [0.1, 0.15) is 5.69 Å². The van der Waals surface area contributed by atoms with E-state index in [4.69, 9.17) is 0 Å². The molecular formula is C20H19N5O2S2. The highest BCUT2D eigenvalue weighted by atomic mass is 32.2. The molecule has 0 saturated heterocycles. The number of nitrogens with one attached hydrogen (secondary N) is 1. The second-order valence-electron chi connectivity index (χ2n) is 6.41. The summed E-state index contributed by atoms with van der Waals surface area (Å²) in [6, 6.07) is 10.1. The first-order valence-electron chi connectivity index (χ1n) is 9.20. The van der Waals surface area contributed by atoms with Crippen LogP contribution in [0.15, 0.2) is 53.8 Å². The summed E-state index contributed by atoms with van der Waals surface area (Å²) < 4.78 is 0. The van der Waals surface area contributed by atoms with Gasteiger partial charge in [-0.15, -0.1) is 11.8 Å². The van der Waals surface area contributed by atoms with E-state index in [1.165, 1.54) is 34.8 Å². The van der Waals surface area contributed by atoms with Gasteiger partial charge in [-0.25, -0.2) is 9.97 Å². The van der Waals surface area contributed by atoms with E-state index in [1.807, 2.05) is 23.1 Å². The van der Waals surface area contributed by atoms with Crippen molar-refractivity contribution in [2.75, 3.05) is 17.6 Å². The zero-order chi connectivity index (χ0) is 20.1. The summed E-state index contributed by atoms with van der Waals surface area (Å²) >= 11 is 3.10. The molecule has 0 fully saturated rings. The summed E-state index contributed by atoms with van der Waals surface area (Å²) in [5, 5.41) is 3.30. The van der Waals surface area contributed by atoms with Gasteiger partial charge in [-0.1, -0.05) is 29.5 Å². The number of hydrogen-bond donors (Lipinski definition) is 1. The van der Waals surface area contributed by atoms with E-state index in [2.05, 4.69) is 32.4 Å². The standard InChI is InChI=1S/C20H19N5O2S2/c26-18(7-11-28-14-4-2-1-3-5-14)25-10-6-15-17(13-25)29-20(23-15)24-19(27)16-12-21-8-9-22-16/h1-5,8-9,12H,6-7,10-11,13H2,(H,23,24,27). The van der Waals surface area contributed by atoms with Gasteiger partial charge in [0.05, 0.1) is 18.4 Å². The van der Waals surface area contributed by atoms with Crippen LogP contribution in [-0.4, -0.2) is 44.0 Å². The molecular weight excluding hydrogens is 406 g/mol. The van der Waals surface area contributed by atoms with E-state index in [0.717, 1.165) is 16.3 Å². The van der Waals surface area contributed by atoms with E-state index in [9.17, 15) is 9.59 Å². The summed E-state index contributed by atoms with van der Waals surface area (Å²) in [6.07, 6.45) is 5.61. The van der Waals surface area contributed by atoms with Crippen molar-refractivity contribution in [2.24, 2.45) is 0 Å². The van der Waals surface area contributed by atoms with Crippen LogP contribution in [0.5, 0.6) is 0 Å². The SMILES string of the molecule is O=C(Nc1nc2c(s1)CN(C(=O)CCSc1ccccc1)CC2)c1cnccn1. The Morgan fingerprint density at radius 2 is 2.07 bits per heavy atom. The molecule has 0 saturated carbocycles. The van der Waals surface area contributed by atoms with Gasteiger partial charge in [-0.3, -0.25) is 19.9 Å². The van der Waals surface area contributed by atoms with Gasteiger partial charge in [-0.05, 0) is 12.1 Å². The number of amides is 2. The third-order valence-electron chi connectivity index (χ3n) is 4.43. The van der Waals surface area contributed by atoms with Crippen molar-refractivity contribution in [1.29, 1.82) is 0 Å². The quantitative estimate of drug-likeness (QED) is 0.610. The normalized spacial score (nSPS) is 13.0. The van der Waals surface area contributed by atoms with Gasteiger partial charge in [0.15, 0.2) is 5.13 Å². The van der Waals surface area contributed by atoms with Crippen LogP contribution in [0.3, 0.4) is 0 Å². The average Bonchev–Trinajstić information content (AvgIpc) is 3.16. The number of hydrogen-bond acceptors (Lipinski definition) is 7. The number of benzene rings is 1. The lowest BCUT2D eigenvalue weighted by Crippen LogP contribution is -2.35. The second kappa shape index (κ2) is 9.15. The van der Waals surface area contributed by atoms with Crippen molar-refractivity contribution in [2.45, 2.75) is 24.3 Å². The number of carbonyl (C=O) groups is 2. The second-order valence-corrected chi connectivity index (χ2v) is 8.66. The first-order valence-corrected chi connectivity index (χ1v) is 11.0. The van der Waals surface area contributed by atoms with Gasteiger partial charge in [-0.2, -0.15) is 0 Å². The van der Waals surface area contributed by atoms with Gasteiger partial charge < -0.3 is 4.90 Å². The van der Waals surface area contributed by atoms with Gasteiger partial charge >= 0.3 is 0 Å². The Kier molecular flexibility index (Phi) is 6.16.